The molecule has 47 heavy (non-hydrogen) atoms. The van der Waals surface area contributed by atoms with Gasteiger partial charge in [-0.25, -0.2) is 36.3 Å². The largest absolute Gasteiger partial charge is 0.497 e. The van der Waals surface area contributed by atoms with Crippen LogP contribution in [0.1, 0.15) is 27.2 Å². The van der Waals surface area contributed by atoms with Gasteiger partial charge in [0.25, 0.3) is 20.0 Å². The monoisotopic (exact) mass is 712 g/mol. The van der Waals surface area contributed by atoms with Crippen LogP contribution >= 0.6 is 0 Å². The maximum atomic E-state index is 13.5. The molecule has 2 aliphatic rings. The smallest absolute Gasteiger partial charge is 0.264 e. The third-order valence-corrected chi connectivity index (χ3v) is 16.0. The topological polar surface area (TPSA) is 214 Å². The average molecular weight is 713 g/mol. The Hall–Kier alpha value is -3.42. The van der Waals surface area contributed by atoms with Gasteiger partial charge in [-0.2, -0.15) is 0 Å². The van der Waals surface area contributed by atoms with Gasteiger partial charge in [0.05, 0.1) is 30.6 Å². The molecule has 0 bridgehead atoms. The van der Waals surface area contributed by atoms with Gasteiger partial charge in [-0.1, -0.05) is 20.8 Å². The number of ether oxygens (including phenoxy) is 2. The molecular formula is C29H44N6O9S2Si. The van der Waals surface area contributed by atoms with Gasteiger partial charge in [-0.05, 0) is 73.1 Å². The number of nitrogens with two attached hydrogens (primary N) is 1. The van der Waals surface area contributed by atoms with Gasteiger partial charge in [-0.3, -0.25) is 0 Å². The first kappa shape index (κ1) is 36.4. The van der Waals surface area contributed by atoms with E-state index in [1.165, 1.54) is 67.7 Å². The lowest BCUT2D eigenvalue weighted by molar-refractivity contribution is -0.142. The molecule has 2 aliphatic heterocycles. The van der Waals surface area contributed by atoms with E-state index in [0.29, 0.717) is 11.5 Å². The molecule has 0 saturated carbocycles. The minimum atomic E-state index is -4.22. The van der Waals surface area contributed by atoms with E-state index < -0.39 is 58.2 Å². The Kier molecular flexibility index (Phi) is 10.3. The molecule has 2 heterocycles. The molecule has 6 N–H and O–H groups in total. The molecule has 0 radical (unpaired) electrons. The first-order chi connectivity index (χ1) is 21.7. The van der Waals surface area contributed by atoms with Crippen molar-refractivity contribution in [3.63, 3.8) is 0 Å². The Morgan fingerprint density at radius 1 is 1.02 bits per heavy atom. The molecule has 0 spiro atoms. The van der Waals surface area contributed by atoms with E-state index in [2.05, 4.69) is 19.4 Å². The summed E-state index contributed by atoms with van der Waals surface area (Å²) in [5, 5.41) is 23.1. The maximum Gasteiger partial charge on any atom is 0.264 e. The summed E-state index contributed by atoms with van der Waals surface area (Å²) >= 11 is 0. The molecule has 2 aromatic rings. The predicted molar refractivity (Wildman–Crippen MR) is 179 cm³/mol. The fourth-order valence-corrected chi connectivity index (χ4v) is 7.97. The lowest BCUT2D eigenvalue weighted by Crippen LogP contribution is -2.69. The summed E-state index contributed by atoms with van der Waals surface area (Å²) in [5.41, 5.74) is 3.90. The van der Waals surface area contributed by atoms with Crippen LogP contribution < -0.4 is 24.7 Å². The highest BCUT2D eigenvalue weighted by Gasteiger charge is 2.60. The minimum absolute atomic E-state index is 0.000937. The van der Waals surface area contributed by atoms with E-state index in [1.807, 2.05) is 33.9 Å². The molecule has 1 saturated heterocycles. The van der Waals surface area contributed by atoms with Crippen LogP contribution in [0.4, 0.5) is 0 Å². The number of nitrogens with one attached hydrogen (secondary N) is 2. The number of fused-ring (bicyclic) bond motifs is 1. The summed E-state index contributed by atoms with van der Waals surface area (Å²) in [6.07, 6.45) is -1.41. The number of methoxy groups -OCH3 is 2. The number of guanidine groups is 2. The number of rotatable bonds is 10. The number of sulfonamides is 2. The number of hydrogen-bond acceptors (Lipinski definition) is 12. The van der Waals surface area contributed by atoms with E-state index >= 15 is 0 Å². The molecule has 0 aromatic heterocycles. The fourth-order valence-electron chi connectivity index (χ4n) is 5.00. The minimum Gasteiger partial charge on any atom is -0.497 e. The Balaban J connectivity index is 1.76. The van der Waals surface area contributed by atoms with Crippen molar-refractivity contribution in [3.8, 4) is 11.5 Å². The standard InChI is InChI=1S/C29H44N6O9S2Si/c1-28(2,3)47(6,7)44-18-23-25(32-26(30)33-45(38,39)21-12-8-19(42-4)9-13-21)29(37)24(36)16-17-35(29)27(31-23)34-46(40,41)22-14-10-20(43-5)11-15-22/h8-15,23-25,36-37H,16-18H2,1-7H3,(H,31,34)(H3,30,32,33)/t23-,24-,25-,29-/m0/s1. The number of aliphatic imine (C=N–C) groups is 2. The molecule has 4 rings (SSSR count). The van der Waals surface area contributed by atoms with Crippen molar-refractivity contribution in [2.75, 3.05) is 27.4 Å². The fraction of sp³-hybridized carbons (Fsp3) is 0.517. The Morgan fingerprint density at radius 3 is 2.02 bits per heavy atom. The van der Waals surface area contributed by atoms with Crippen LogP contribution in [-0.4, -0.2) is 103 Å². The van der Waals surface area contributed by atoms with Gasteiger partial charge in [0.15, 0.2) is 14.0 Å². The molecule has 0 aliphatic carbocycles. The van der Waals surface area contributed by atoms with Crippen molar-refractivity contribution in [1.82, 2.24) is 14.3 Å². The molecule has 2 aromatic carbocycles. The highest BCUT2D eigenvalue weighted by molar-refractivity contribution is 7.90. The average Bonchev–Trinajstić information content (AvgIpc) is 3.31. The first-order valence-corrected chi connectivity index (χ1v) is 20.7. The van der Waals surface area contributed by atoms with Gasteiger partial charge in [0, 0.05) is 6.54 Å². The van der Waals surface area contributed by atoms with E-state index in [0.717, 1.165) is 0 Å². The molecular weight excluding hydrogens is 669 g/mol. The maximum absolute atomic E-state index is 13.5. The third-order valence-electron chi connectivity index (χ3n) is 8.80. The summed E-state index contributed by atoms with van der Waals surface area (Å²) in [6, 6.07) is 8.80. The zero-order valence-corrected chi connectivity index (χ0v) is 30.1. The normalized spacial score (nSPS) is 23.9. The van der Waals surface area contributed by atoms with Crippen molar-refractivity contribution in [2.24, 2.45) is 15.7 Å². The van der Waals surface area contributed by atoms with Crippen molar-refractivity contribution in [2.45, 2.75) is 79.0 Å². The molecule has 260 valence electrons. The van der Waals surface area contributed by atoms with E-state index in [4.69, 9.17) is 19.6 Å². The van der Waals surface area contributed by atoms with Crippen molar-refractivity contribution < 1.29 is 40.9 Å². The van der Waals surface area contributed by atoms with Gasteiger partial charge in [0.1, 0.15) is 29.7 Å². The van der Waals surface area contributed by atoms with Crippen LogP contribution in [0, 0.1) is 0 Å². The second-order valence-electron chi connectivity index (χ2n) is 12.9. The second-order valence-corrected chi connectivity index (χ2v) is 21.0. The molecule has 0 amide bonds. The van der Waals surface area contributed by atoms with Crippen molar-refractivity contribution >= 4 is 40.3 Å². The van der Waals surface area contributed by atoms with E-state index in [-0.39, 0.29) is 40.4 Å². The summed E-state index contributed by atoms with van der Waals surface area (Å²) < 4.78 is 74.5. The van der Waals surface area contributed by atoms with Crippen LogP contribution in [-0.2, 0) is 24.5 Å². The Labute approximate surface area is 277 Å². The van der Waals surface area contributed by atoms with Crippen LogP contribution in [0.15, 0.2) is 68.3 Å². The number of aliphatic hydroxyl groups is 2. The van der Waals surface area contributed by atoms with Crippen LogP contribution in [0.2, 0.25) is 18.1 Å². The molecule has 15 nitrogen and oxygen atoms in total. The summed E-state index contributed by atoms with van der Waals surface area (Å²) in [6.45, 7) is 9.99. The summed E-state index contributed by atoms with van der Waals surface area (Å²) in [5.74, 6) is 0.103. The Bertz CT molecular complexity index is 1710. The molecule has 0 unspecified atom stereocenters. The lowest BCUT2D eigenvalue weighted by atomic mass is 9.91. The van der Waals surface area contributed by atoms with Gasteiger partial charge < -0.3 is 34.7 Å². The van der Waals surface area contributed by atoms with Crippen LogP contribution in [0.25, 0.3) is 0 Å². The molecule has 4 atom stereocenters. The lowest BCUT2D eigenvalue weighted by Gasteiger charge is -2.47. The number of nitrogens with zero attached hydrogens (tertiary/aromatic N) is 3. The number of benzene rings is 2. The van der Waals surface area contributed by atoms with Gasteiger partial charge in [0.2, 0.25) is 11.9 Å². The van der Waals surface area contributed by atoms with Crippen molar-refractivity contribution in [3.05, 3.63) is 48.5 Å². The zero-order chi connectivity index (χ0) is 35.0. The van der Waals surface area contributed by atoms with Crippen LogP contribution in [0.3, 0.4) is 0 Å². The molecule has 18 heteroatoms. The van der Waals surface area contributed by atoms with Crippen molar-refractivity contribution in [1.29, 1.82) is 0 Å². The SMILES string of the molecule is COc1ccc(S(=O)(=O)NC(N)=N[C@H]2[C@H](CO[Si](C)(C)C(C)(C)C)N=C(NS(=O)(=O)c3ccc(OC)cc3)N3CC[C@H](O)[C@]23O)cc1. The van der Waals surface area contributed by atoms with E-state index in [9.17, 15) is 27.0 Å². The Morgan fingerprint density at radius 2 is 1.53 bits per heavy atom. The van der Waals surface area contributed by atoms with Crippen LogP contribution in [0.5, 0.6) is 11.5 Å². The predicted octanol–water partition coefficient (Wildman–Crippen LogP) is 1.16. The van der Waals surface area contributed by atoms with Gasteiger partial charge >= 0.3 is 0 Å². The summed E-state index contributed by atoms with van der Waals surface area (Å²) in [4.78, 5) is 10.0. The highest BCUT2D eigenvalue weighted by atomic mass is 32.2. The number of aliphatic hydroxyl groups excluding tert-OH is 1. The highest BCUT2D eigenvalue weighted by Crippen LogP contribution is 2.40. The molecule has 1 fully saturated rings. The summed E-state index contributed by atoms with van der Waals surface area (Å²) in [7, 11) is -7.96. The second kappa shape index (κ2) is 13.2. The third kappa shape index (κ3) is 7.52. The first-order valence-electron chi connectivity index (χ1n) is 14.8. The quantitative estimate of drug-likeness (QED) is 0.134. The zero-order valence-electron chi connectivity index (χ0n) is 27.5. The van der Waals surface area contributed by atoms with Gasteiger partial charge in [-0.15, -0.1) is 0 Å². The van der Waals surface area contributed by atoms with E-state index in [1.54, 1.807) is 0 Å². The number of hydrogen-bond donors (Lipinski definition) is 5.